The average Bonchev–Trinajstić information content (AvgIpc) is 3.50. The van der Waals surface area contributed by atoms with Gasteiger partial charge in [-0.05, 0) is 64.3 Å². The zero-order valence-corrected chi connectivity index (χ0v) is 22.2. The fourth-order valence-corrected chi connectivity index (χ4v) is 5.56. The summed E-state index contributed by atoms with van der Waals surface area (Å²) >= 11 is 5.84. The highest BCUT2D eigenvalue weighted by Crippen LogP contribution is 2.48. The number of rotatable bonds is 8. The molecule has 3 heterocycles. The number of H-pyrrole nitrogens is 1. The van der Waals surface area contributed by atoms with Crippen LogP contribution in [0.5, 0.6) is 0 Å². The van der Waals surface area contributed by atoms with Crippen LogP contribution >= 0.6 is 11.6 Å². The molecule has 4 N–H and O–H groups in total. The molecule has 12 heteroatoms. The quantitative estimate of drug-likeness (QED) is 0.278. The van der Waals surface area contributed by atoms with Gasteiger partial charge in [0, 0.05) is 41.9 Å². The van der Waals surface area contributed by atoms with E-state index < -0.39 is 40.5 Å². The molecule has 1 aliphatic carbocycles. The third-order valence-corrected chi connectivity index (χ3v) is 8.15. The molecule has 0 amide bonds. The van der Waals surface area contributed by atoms with Crippen molar-refractivity contribution >= 4 is 29.2 Å². The van der Waals surface area contributed by atoms with Gasteiger partial charge >= 0.3 is 5.97 Å². The lowest BCUT2D eigenvalue weighted by atomic mass is 9.72. The number of aliphatic hydroxyl groups is 1. The number of nitrogens with zero attached hydrogens (tertiary/aromatic N) is 3. The Labute approximate surface area is 228 Å². The number of likely N-dealkylation sites (tertiary alicyclic amines) is 1. The van der Waals surface area contributed by atoms with E-state index in [9.17, 15) is 23.8 Å². The first kappa shape index (κ1) is 27.4. The van der Waals surface area contributed by atoms with Gasteiger partial charge in [-0.2, -0.15) is 5.10 Å². The fourth-order valence-electron chi connectivity index (χ4n) is 5.38. The average molecular weight is 564 g/mol. The van der Waals surface area contributed by atoms with E-state index in [1.807, 2.05) is 6.92 Å². The number of aryl methyl sites for hydroxylation is 1. The number of piperidine rings is 1. The summed E-state index contributed by atoms with van der Waals surface area (Å²) in [5.41, 5.74) is -2.08. The Kier molecular flexibility index (Phi) is 7.11. The molecule has 1 saturated carbocycles. The van der Waals surface area contributed by atoms with Crippen LogP contribution in [-0.4, -0.2) is 48.9 Å². The van der Waals surface area contributed by atoms with Crippen LogP contribution in [0.15, 0.2) is 24.3 Å². The molecule has 2 fully saturated rings. The number of halogens is 4. The summed E-state index contributed by atoms with van der Waals surface area (Å²) in [5, 5.41) is 30.8. The van der Waals surface area contributed by atoms with Crippen molar-refractivity contribution in [1.29, 1.82) is 0 Å². The van der Waals surface area contributed by atoms with Gasteiger partial charge in [0.2, 0.25) is 0 Å². The van der Waals surface area contributed by atoms with E-state index in [0.717, 1.165) is 17.8 Å². The van der Waals surface area contributed by atoms with E-state index in [4.69, 9.17) is 11.6 Å². The van der Waals surface area contributed by atoms with Gasteiger partial charge in [-0.1, -0.05) is 11.6 Å². The number of anilines is 2. The summed E-state index contributed by atoms with van der Waals surface area (Å²) in [6.07, 6.45) is 0.767. The number of aromatic nitrogens is 3. The van der Waals surface area contributed by atoms with Crippen LogP contribution in [0.25, 0.3) is 0 Å². The van der Waals surface area contributed by atoms with Crippen LogP contribution in [0.3, 0.4) is 0 Å². The lowest BCUT2D eigenvalue weighted by Crippen LogP contribution is -2.50. The topological polar surface area (TPSA) is 114 Å². The Balaban J connectivity index is 1.42. The second kappa shape index (κ2) is 10.1. The minimum Gasteiger partial charge on any atom is -0.481 e. The maximum Gasteiger partial charge on any atom is 0.310 e. The molecular weight excluding hydrogens is 535 g/mol. The molecule has 1 saturated heterocycles. The fraction of sp³-hybridized carbons (Fsp3) is 0.444. The molecule has 2 atom stereocenters. The molecule has 0 bridgehead atoms. The Bertz CT molecular complexity index is 1430. The minimum atomic E-state index is -1.37. The number of carboxylic acid groups (broad SMARTS) is 1. The number of nitrogens with one attached hydrogen (secondary N) is 2. The lowest BCUT2D eigenvalue weighted by Gasteiger charge is -2.43. The Morgan fingerprint density at radius 2 is 1.95 bits per heavy atom. The van der Waals surface area contributed by atoms with Gasteiger partial charge in [-0.3, -0.25) is 14.8 Å². The third kappa shape index (κ3) is 5.35. The molecule has 3 aromatic rings. The molecule has 0 unspecified atom stereocenters. The number of hydrogen-bond acceptors (Lipinski definition) is 6. The molecule has 0 spiro atoms. The monoisotopic (exact) mass is 563 g/mol. The second-order valence-electron chi connectivity index (χ2n) is 10.8. The predicted octanol–water partition coefficient (Wildman–Crippen LogP) is 5.21. The number of carboxylic acids is 1. The first-order chi connectivity index (χ1) is 18.4. The minimum absolute atomic E-state index is 0.0696. The second-order valence-corrected chi connectivity index (χ2v) is 11.2. The molecule has 5 rings (SSSR count). The van der Waals surface area contributed by atoms with E-state index >= 15 is 4.39 Å². The summed E-state index contributed by atoms with van der Waals surface area (Å²) in [5.74, 6) is -2.71. The molecule has 2 aromatic heterocycles. The molecular formula is C27H29ClF3N5O3. The van der Waals surface area contributed by atoms with Crippen LogP contribution in [0, 0.1) is 29.8 Å². The Morgan fingerprint density at radius 1 is 1.21 bits per heavy atom. The largest absolute Gasteiger partial charge is 0.481 e. The Hall–Kier alpha value is -3.15. The molecule has 0 radical (unpaired) electrons. The summed E-state index contributed by atoms with van der Waals surface area (Å²) in [7, 11) is 0. The van der Waals surface area contributed by atoms with Crippen molar-refractivity contribution in [3.05, 3.63) is 69.3 Å². The van der Waals surface area contributed by atoms with Gasteiger partial charge in [0.1, 0.15) is 17.5 Å². The maximum absolute atomic E-state index is 15.7. The van der Waals surface area contributed by atoms with E-state index in [2.05, 4.69) is 20.5 Å². The summed E-state index contributed by atoms with van der Waals surface area (Å²) in [4.78, 5) is 18.8. The smallest absolute Gasteiger partial charge is 0.310 e. The zero-order valence-electron chi connectivity index (χ0n) is 21.5. The van der Waals surface area contributed by atoms with Crippen molar-refractivity contribution < 1.29 is 28.2 Å². The van der Waals surface area contributed by atoms with E-state index in [-0.39, 0.29) is 60.0 Å². The van der Waals surface area contributed by atoms with Gasteiger partial charge in [-0.15, -0.1) is 0 Å². The number of hydrogen-bond donors (Lipinski definition) is 4. The summed E-state index contributed by atoms with van der Waals surface area (Å²) in [6.45, 7) is 3.72. The van der Waals surface area contributed by atoms with Gasteiger partial charge in [0.05, 0.1) is 21.7 Å². The highest BCUT2D eigenvalue weighted by atomic mass is 35.5. The van der Waals surface area contributed by atoms with Crippen molar-refractivity contribution in [3.8, 4) is 0 Å². The van der Waals surface area contributed by atoms with Crippen LogP contribution in [0.1, 0.15) is 55.1 Å². The highest BCUT2D eigenvalue weighted by molar-refractivity contribution is 6.30. The van der Waals surface area contributed by atoms with Gasteiger partial charge in [0.15, 0.2) is 11.6 Å². The van der Waals surface area contributed by atoms with E-state index in [1.165, 1.54) is 6.07 Å². The number of aromatic amines is 1. The molecule has 208 valence electrons. The standard InChI is InChI=1S/C27H29ClF3N5O3/c1-14-9-22(35-34-14)33-21-10-17(27(39)5-6-27)24(31)20(32-21)12-26(25(37)38)7-8-36(15(2)11-26)13-16-19(29)4-3-18(28)23(16)30/h3-4,9-10,15,39H,5-8,11-13H2,1-2H3,(H,37,38)(H2,32,33,34,35)/t15-,26-/m1/s1. The molecule has 1 aromatic carbocycles. The predicted molar refractivity (Wildman–Crippen MR) is 138 cm³/mol. The van der Waals surface area contributed by atoms with Crippen molar-refractivity contribution in [2.45, 2.75) is 64.1 Å². The van der Waals surface area contributed by atoms with Crippen LogP contribution in [0.4, 0.5) is 24.8 Å². The maximum atomic E-state index is 15.7. The molecule has 39 heavy (non-hydrogen) atoms. The van der Waals surface area contributed by atoms with Crippen LogP contribution in [0.2, 0.25) is 5.02 Å². The normalized spacial score (nSPS) is 22.6. The van der Waals surface area contributed by atoms with Crippen LogP contribution in [-0.2, 0) is 23.4 Å². The first-order valence-corrected chi connectivity index (χ1v) is 13.1. The number of pyridine rings is 1. The van der Waals surface area contributed by atoms with Crippen molar-refractivity contribution in [2.24, 2.45) is 5.41 Å². The van der Waals surface area contributed by atoms with Crippen molar-refractivity contribution in [3.63, 3.8) is 0 Å². The van der Waals surface area contributed by atoms with Gasteiger partial charge in [-0.25, -0.2) is 18.2 Å². The number of benzene rings is 1. The molecule has 1 aliphatic heterocycles. The molecule has 2 aliphatic rings. The lowest BCUT2D eigenvalue weighted by molar-refractivity contribution is -0.153. The van der Waals surface area contributed by atoms with E-state index in [1.54, 1.807) is 17.9 Å². The first-order valence-electron chi connectivity index (χ1n) is 12.7. The number of aliphatic carboxylic acids is 1. The number of carbonyl (C=O) groups is 1. The molecule has 8 nitrogen and oxygen atoms in total. The van der Waals surface area contributed by atoms with Gasteiger partial charge < -0.3 is 15.5 Å². The summed E-state index contributed by atoms with van der Waals surface area (Å²) in [6, 6.07) is 5.02. The highest BCUT2D eigenvalue weighted by Gasteiger charge is 2.48. The van der Waals surface area contributed by atoms with Crippen molar-refractivity contribution in [1.82, 2.24) is 20.1 Å². The van der Waals surface area contributed by atoms with E-state index in [0.29, 0.717) is 18.7 Å². The SMILES string of the molecule is Cc1cc(Nc2cc(C3(O)CC3)c(F)c(C[C@@]3(C(=O)O)CCN(Cc4c(F)ccc(Cl)c4F)[C@H](C)C3)n2)n[nH]1. The third-order valence-electron chi connectivity index (χ3n) is 7.86. The zero-order chi connectivity index (χ0) is 28.1. The van der Waals surface area contributed by atoms with Crippen molar-refractivity contribution in [2.75, 3.05) is 11.9 Å². The van der Waals surface area contributed by atoms with Gasteiger partial charge in [0.25, 0.3) is 0 Å². The summed E-state index contributed by atoms with van der Waals surface area (Å²) < 4.78 is 44.6. The Morgan fingerprint density at radius 3 is 2.56 bits per heavy atom. The van der Waals surface area contributed by atoms with Crippen LogP contribution < -0.4 is 5.32 Å².